The molecule has 2 aromatic carbocycles. The molecule has 19 heavy (non-hydrogen) atoms. The van der Waals surface area contributed by atoms with Gasteiger partial charge in [-0.25, -0.2) is 0 Å². The van der Waals surface area contributed by atoms with Gasteiger partial charge >= 0.3 is 0 Å². The largest absolute Gasteiger partial charge is 0.409 e. The van der Waals surface area contributed by atoms with Crippen molar-refractivity contribution in [2.24, 2.45) is 10.9 Å². The van der Waals surface area contributed by atoms with Crippen LogP contribution < -0.4 is 5.73 Å². The van der Waals surface area contributed by atoms with Crippen LogP contribution in [0.25, 0.3) is 0 Å². The van der Waals surface area contributed by atoms with Crippen LogP contribution in [0.4, 0.5) is 0 Å². The second-order valence-electron chi connectivity index (χ2n) is 4.02. The van der Waals surface area contributed by atoms with Gasteiger partial charge in [0.1, 0.15) is 0 Å². The first-order chi connectivity index (χ1) is 9.11. The van der Waals surface area contributed by atoms with Crippen molar-refractivity contribution in [3.8, 4) is 0 Å². The predicted molar refractivity (Wildman–Crippen MR) is 79.3 cm³/mol. The minimum absolute atomic E-state index is 0.0922. The van der Waals surface area contributed by atoms with E-state index in [9.17, 15) is 0 Å². The quantitative estimate of drug-likeness (QED) is 0.390. The van der Waals surface area contributed by atoms with Gasteiger partial charge < -0.3 is 10.9 Å². The molecule has 0 aliphatic rings. The standard InChI is InChI=1S/C14H13ClN2OS/c1-9-6-7-10(14(16)17-18)13(8-9)19-12-5-3-2-4-11(12)15/h2-8,18H,1H3,(H2,16,17). The molecule has 3 N–H and O–H groups in total. The summed E-state index contributed by atoms with van der Waals surface area (Å²) in [6, 6.07) is 13.3. The maximum atomic E-state index is 8.83. The first kappa shape index (κ1) is 13.8. The number of hydrogen-bond acceptors (Lipinski definition) is 3. The number of rotatable bonds is 3. The molecule has 0 saturated heterocycles. The van der Waals surface area contributed by atoms with Crippen molar-refractivity contribution in [2.75, 3.05) is 0 Å². The summed E-state index contributed by atoms with van der Waals surface area (Å²) in [6.07, 6.45) is 0. The van der Waals surface area contributed by atoms with Gasteiger partial charge in [0.2, 0.25) is 0 Å². The lowest BCUT2D eigenvalue weighted by molar-refractivity contribution is 0.318. The fourth-order valence-corrected chi connectivity index (χ4v) is 2.95. The normalized spacial score (nSPS) is 11.6. The van der Waals surface area contributed by atoms with E-state index in [4.69, 9.17) is 22.5 Å². The molecule has 0 aliphatic heterocycles. The molecule has 0 saturated carbocycles. The summed E-state index contributed by atoms with van der Waals surface area (Å²) in [5.74, 6) is 0.0922. The highest BCUT2D eigenvalue weighted by Gasteiger charge is 2.10. The Bertz CT molecular complexity index is 629. The van der Waals surface area contributed by atoms with E-state index in [1.54, 1.807) is 0 Å². The lowest BCUT2D eigenvalue weighted by atomic mass is 10.1. The fourth-order valence-electron chi connectivity index (χ4n) is 1.63. The maximum absolute atomic E-state index is 8.83. The molecule has 2 aromatic rings. The number of benzene rings is 2. The Labute approximate surface area is 121 Å². The van der Waals surface area contributed by atoms with Gasteiger partial charge in [-0.3, -0.25) is 0 Å². The minimum Gasteiger partial charge on any atom is -0.409 e. The molecule has 0 atom stereocenters. The first-order valence-electron chi connectivity index (χ1n) is 5.62. The van der Waals surface area contributed by atoms with E-state index >= 15 is 0 Å². The van der Waals surface area contributed by atoms with Crippen LogP contribution in [-0.2, 0) is 0 Å². The van der Waals surface area contributed by atoms with E-state index in [2.05, 4.69) is 5.16 Å². The van der Waals surface area contributed by atoms with Crippen molar-refractivity contribution in [3.63, 3.8) is 0 Å². The molecular weight excluding hydrogens is 280 g/mol. The smallest absolute Gasteiger partial charge is 0.171 e. The molecule has 3 nitrogen and oxygen atoms in total. The van der Waals surface area contributed by atoms with Crippen LogP contribution in [0, 0.1) is 6.92 Å². The molecule has 0 unspecified atom stereocenters. The number of hydrogen-bond donors (Lipinski definition) is 2. The number of nitrogens with zero attached hydrogens (tertiary/aromatic N) is 1. The Hall–Kier alpha value is -1.65. The van der Waals surface area contributed by atoms with Gasteiger partial charge in [0, 0.05) is 15.4 Å². The minimum atomic E-state index is 0.0922. The summed E-state index contributed by atoms with van der Waals surface area (Å²) >= 11 is 7.64. The summed E-state index contributed by atoms with van der Waals surface area (Å²) in [5, 5.41) is 12.6. The number of nitrogens with two attached hydrogens (primary N) is 1. The van der Waals surface area contributed by atoms with Crippen LogP contribution >= 0.6 is 23.4 Å². The molecule has 5 heteroatoms. The molecule has 2 rings (SSSR count). The van der Waals surface area contributed by atoms with Gasteiger partial charge in [-0.15, -0.1) is 0 Å². The van der Waals surface area contributed by atoms with Crippen LogP contribution in [0.1, 0.15) is 11.1 Å². The highest BCUT2D eigenvalue weighted by Crippen LogP contribution is 2.35. The van der Waals surface area contributed by atoms with E-state index in [1.165, 1.54) is 11.8 Å². The molecule has 0 spiro atoms. The fraction of sp³-hybridized carbons (Fsp3) is 0.0714. The maximum Gasteiger partial charge on any atom is 0.171 e. The molecule has 0 fully saturated rings. The molecule has 0 amide bonds. The Morgan fingerprint density at radius 3 is 2.63 bits per heavy atom. The van der Waals surface area contributed by atoms with E-state index < -0.39 is 0 Å². The van der Waals surface area contributed by atoms with E-state index in [-0.39, 0.29) is 5.84 Å². The molecule has 0 heterocycles. The summed E-state index contributed by atoms with van der Waals surface area (Å²) in [7, 11) is 0. The third-order valence-corrected chi connectivity index (χ3v) is 4.15. The third-order valence-electron chi connectivity index (χ3n) is 2.58. The molecular formula is C14H13ClN2OS. The molecule has 0 aromatic heterocycles. The predicted octanol–water partition coefficient (Wildman–Crippen LogP) is 3.89. The van der Waals surface area contributed by atoms with Crippen LogP contribution in [0.5, 0.6) is 0 Å². The second-order valence-corrected chi connectivity index (χ2v) is 5.51. The van der Waals surface area contributed by atoms with Gasteiger partial charge in [0.25, 0.3) is 0 Å². The number of oxime groups is 1. The van der Waals surface area contributed by atoms with Crippen molar-refractivity contribution in [3.05, 3.63) is 58.6 Å². The first-order valence-corrected chi connectivity index (χ1v) is 6.82. The molecule has 0 aliphatic carbocycles. The molecule has 0 radical (unpaired) electrons. The highest BCUT2D eigenvalue weighted by atomic mass is 35.5. The number of amidine groups is 1. The third kappa shape index (κ3) is 3.22. The summed E-state index contributed by atoms with van der Waals surface area (Å²) in [5.41, 5.74) is 7.48. The van der Waals surface area contributed by atoms with Gasteiger partial charge in [-0.05, 0) is 36.8 Å². The summed E-state index contributed by atoms with van der Waals surface area (Å²) in [4.78, 5) is 1.84. The van der Waals surface area contributed by atoms with Gasteiger partial charge in [-0.2, -0.15) is 0 Å². The Morgan fingerprint density at radius 2 is 1.95 bits per heavy atom. The van der Waals surface area contributed by atoms with Crippen molar-refractivity contribution in [1.29, 1.82) is 0 Å². The zero-order valence-electron chi connectivity index (χ0n) is 10.3. The van der Waals surface area contributed by atoms with Crippen LogP contribution in [0.2, 0.25) is 5.02 Å². The van der Waals surface area contributed by atoms with Crippen molar-refractivity contribution >= 4 is 29.2 Å². The zero-order chi connectivity index (χ0) is 13.8. The van der Waals surface area contributed by atoms with E-state index in [0.29, 0.717) is 10.6 Å². The van der Waals surface area contributed by atoms with Crippen LogP contribution in [-0.4, -0.2) is 11.0 Å². The zero-order valence-corrected chi connectivity index (χ0v) is 11.9. The Morgan fingerprint density at radius 1 is 1.21 bits per heavy atom. The highest BCUT2D eigenvalue weighted by molar-refractivity contribution is 7.99. The van der Waals surface area contributed by atoms with E-state index in [1.807, 2.05) is 49.4 Å². The number of halogens is 1. The van der Waals surface area contributed by atoms with Gasteiger partial charge in [0.15, 0.2) is 5.84 Å². The monoisotopic (exact) mass is 292 g/mol. The summed E-state index contributed by atoms with van der Waals surface area (Å²) in [6.45, 7) is 1.99. The lowest BCUT2D eigenvalue weighted by Crippen LogP contribution is -2.14. The SMILES string of the molecule is Cc1ccc(C(N)=NO)c(Sc2ccccc2Cl)c1. The topological polar surface area (TPSA) is 58.6 Å². The van der Waals surface area contributed by atoms with Crippen LogP contribution in [0.3, 0.4) is 0 Å². The van der Waals surface area contributed by atoms with Gasteiger partial charge in [-0.1, -0.05) is 46.7 Å². The average Bonchev–Trinajstić information content (AvgIpc) is 2.41. The summed E-state index contributed by atoms with van der Waals surface area (Å²) < 4.78 is 0. The lowest BCUT2D eigenvalue weighted by Gasteiger charge is -2.10. The molecule has 0 bridgehead atoms. The average molecular weight is 293 g/mol. The molecule has 98 valence electrons. The van der Waals surface area contributed by atoms with Crippen molar-refractivity contribution < 1.29 is 5.21 Å². The Kier molecular flexibility index (Phi) is 4.35. The second kappa shape index (κ2) is 5.99. The van der Waals surface area contributed by atoms with Crippen molar-refractivity contribution in [1.82, 2.24) is 0 Å². The van der Waals surface area contributed by atoms with Crippen molar-refractivity contribution in [2.45, 2.75) is 16.7 Å². The number of aryl methyl sites for hydroxylation is 1. The van der Waals surface area contributed by atoms with E-state index in [0.717, 1.165) is 15.4 Å². The Balaban J connectivity index is 2.44. The van der Waals surface area contributed by atoms with Crippen LogP contribution in [0.15, 0.2) is 57.4 Å². The van der Waals surface area contributed by atoms with Gasteiger partial charge in [0.05, 0.1) is 5.02 Å².